The third-order valence-electron chi connectivity index (χ3n) is 4.68. The Morgan fingerprint density at radius 1 is 1.07 bits per heavy atom. The monoisotopic (exact) mass is 411 g/mol. The van der Waals surface area contributed by atoms with E-state index in [1.165, 1.54) is 5.56 Å². The molecule has 0 aliphatic heterocycles. The van der Waals surface area contributed by atoms with Gasteiger partial charge in [0.25, 0.3) is 5.91 Å². The average molecular weight is 412 g/mol. The molecule has 0 radical (unpaired) electrons. The van der Waals surface area contributed by atoms with Crippen LogP contribution in [0.3, 0.4) is 0 Å². The first-order valence-electron chi connectivity index (χ1n) is 9.76. The fraction of sp³-hybridized carbons (Fsp3) is 0.348. The molecule has 0 spiro atoms. The zero-order valence-electron chi connectivity index (χ0n) is 17.3. The van der Waals surface area contributed by atoms with Crippen LogP contribution in [0.4, 0.5) is 0 Å². The van der Waals surface area contributed by atoms with Crippen molar-refractivity contribution < 1.29 is 9.21 Å². The van der Waals surface area contributed by atoms with E-state index in [1.807, 2.05) is 49.4 Å². The molecular formula is C23H26ClN3O2. The standard InChI is InChI=1S/C23H26ClN3O2/c1-5-14-27(22(28)16-10-12-17(13-11-16)23(2,3)4)15-20-25-26-21(29-20)18-8-6-7-9-19(18)24/h6-13H,5,14-15H2,1-4H3. The molecule has 5 nitrogen and oxygen atoms in total. The first-order chi connectivity index (χ1) is 13.8. The van der Waals surface area contributed by atoms with Crippen LogP contribution < -0.4 is 0 Å². The third-order valence-corrected chi connectivity index (χ3v) is 5.01. The van der Waals surface area contributed by atoms with Gasteiger partial charge >= 0.3 is 0 Å². The van der Waals surface area contributed by atoms with E-state index in [4.69, 9.17) is 16.0 Å². The lowest BCUT2D eigenvalue weighted by Gasteiger charge is -2.22. The van der Waals surface area contributed by atoms with E-state index in [9.17, 15) is 4.79 Å². The molecule has 2 aromatic carbocycles. The van der Waals surface area contributed by atoms with Gasteiger partial charge in [0.15, 0.2) is 0 Å². The molecule has 0 saturated carbocycles. The highest BCUT2D eigenvalue weighted by Crippen LogP contribution is 2.27. The van der Waals surface area contributed by atoms with Crippen LogP contribution in [0.5, 0.6) is 0 Å². The maximum atomic E-state index is 13.0. The summed E-state index contributed by atoms with van der Waals surface area (Å²) in [7, 11) is 0. The summed E-state index contributed by atoms with van der Waals surface area (Å²) in [5.74, 6) is 0.682. The molecule has 6 heteroatoms. The first kappa shape index (κ1) is 21.1. The van der Waals surface area contributed by atoms with Gasteiger partial charge in [0.1, 0.15) is 0 Å². The van der Waals surface area contributed by atoms with Crippen LogP contribution >= 0.6 is 11.6 Å². The van der Waals surface area contributed by atoms with Gasteiger partial charge in [0, 0.05) is 12.1 Å². The summed E-state index contributed by atoms with van der Waals surface area (Å²) in [6.45, 7) is 9.35. The van der Waals surface area contributed by atoms with Gasteiger partial charge in [0.05, 0.1) is 17.1 Å². The summed E-state index contributed by atoms with van der Waals surface area (Å²) in [5.41, 5.74) is 2.57. The maximum absolute atomic E-state index is 13.0. The molecule has 1 heterocycles. The Balaban J connectivity index is 1.78. The molecule has 0 unspecified atom stereocenters. The Kier molecular flexibility index (Phi) is 6.38. The predicted octanol–water partition coefficient (Wildman–Crippen LogP) is 5.74. The normalized spacial score (nSPS) is 11.5. The quantitative estimate of drug-likeness (QED) is 0.518. The van der Waals surface area contributed by atoms with Crippen molar-refractivity contribution in [2.24, 2.45) is 0 Å². The number of amides is 1. The summed E-state index contributed by atoms with van der Waals surface area (Å²) in [5, 5.41) is 8.75. The Morgan fingerprint density at radius 2 is 1.76 bits per heavy atom. The van der Waals surface area contributed by atoms with Gasteiger partial charge in [-0.2, -0.15) is 0 Å². The summed E-state index contributed by atoms with van der Waals surface area (Å²) in [4.78, 5) is 14.8. The minimum atomic E-state index is -0.0511. The maximum Gasteiger partial charge on any atom is 0.254 e. The van der Waals surface area contributed by atoms with Gasteiger partial charge in [-0.15, -0.1) is 10.2 Å². The largest absolute Gasteiger partial charge is 0.419 e. The van der Waals surface area contributed by atoms with Crippen LogP contribution in [-0.4, -0.2) is 27.5 Å². The van der Waals surface area contributed by atoms with Gasteiger partial charge < -0.3 is 9.32 Å². The molecule has 29 heavy (non-hydrogen) atoms. The van der Waals surface area contributed by atoms with Crippen molar-refractivity contribution in [2.45, 2.75) is 46.1 Å². The summed E-state index contributed by atoms with van der Waals surface area (Å²) in [6, 6.07) is 15.1. The second-order valence-corrected chi connectivity index (χ2v) is 8.44. The van der Waals surface area contributed by atoms with Crippen molar-refractivity contribution in [1.82, 2.24) is 15.1 Å². The number of halogens is 1. The van der Waals surface area contributed by atoms with Gasteiger partial charge in [-0.3, -0.25) is 4.79 Å². The number of aromatic nitrogens is 2. The van der Waals surface area contributed by atoms with Gasteiger partial charge in [-0.05, 0) is 41.7 Å². The predicted molar refractivity (Wildman–Crippen MR) is 115 cm³/mol. The minimum absolute atomic E-state index is 0.0452. The second-order valence-electron chi connectivity index (χ2n) is 8.03. The van der Waals surface area contributed by atoms with Gasteiger partial charge in [-0.25, -0.2) is 0 Å². The molecular weight excluding hydrogens is 386 g/mol. The number of nitrogens with zero attached hydrogens (tertiary/aromatic N) is 3. The summed E-state index contributed by atoms with van der Waals surface area (Å²) >= 11 is 6.21. The molecule has 0 atom stereocenters. The summed E-state index contributed by atoms with van der Waals surface area (Å²) < 4.78 is 5.78. The zero-order chi connectivity index (χ0) is 21.0. The van der Waals surface area contributed by atoms with Crippen molar-refractivity contribution in [3.63, 3.8) is 0 Å². The van der Waals surface area contributed by atoms with Crippen LogP contribution in [0.25, 0.3) is 11.5 Å². The molecule has 152 valence electrons. The molecule has 1 amide bonds. The Bertz CT molecular complexity index is 974. The SMILES string of the molecule is CCCN(Cc1nnc(-c2ccccc2Cl)o1)C(=O)c1ccc(C(C)(C)C)cc1. The van der Waals surface area contributed by atoms with E-state index in [1.54, 1.807) is 11.0 Å². The van der Waals surface area contributed by atoms with Crippen LogP contribution in [0.2, 0.25) is 5.02 Å². The highest BCUT2D eigenvalue weighted by atomic mass is 35.5. The molecule has 0 bridgehead atoms. The summed E-state index contributed by atoms with van der Waals surface area (Å²) in [6.07, 6.45) is 0.831. The van der Waals surface area contributed by atoms with E-state index in [2.05, 4.69) is 31.0 Å². The number of carbonyl (C=O) groups excluding carboxylic acids is 1. The number of rotatable bonds is 6. The molecule has 3 rings (SSSR count). The third kappa shape index (κ3) is 5.04. The van der Waals surface area contributed by atoms with Crippen molar-refractivity contribution >= 4 is 17.5 Å². The van der Waals surface area contributed by atoms with Crippen molar-refractivity contribution in [3.05, 3.63) is 70.6 Å². The Labute approximate surface area is 176 Å². The van der Waals surface area contributed by atoms with Gasteiger partial charge in [0.2, 0.25) is 11.8 Å². The highest BCUT2D eigenvalue weighted by Gasteiger charge is 2.20. The fourth-order valence-corrected chi connectivity index (χ4v) is 3.26. The minimum Gasteiger partial charge on any atom is -0.419 e. The topological polar surface area (TPSA) is 59.2 Å². The second kappa shape index (κ2) is 8.78. The van der Waals surface area contributed by atoms with Crippen molar-refractivity contribution in [2.75, 3.05) is 6.54 Å². The first-order valence-corrected chi connectivity index (χ1v) is 10.1. The average Bonchev–Trinajstić information content (AvgIpc) is 3.15. The fourth-order valence-electron chi connectivity index (χ4n) is 3.04. The lowest BCUT2D eigenvalue weighted by molar-refractivity contribution is 0.0728. The number of carbonyl (C=O) groups is 1. The van der Waals surface area contributed by atoms with Crippen LogP contribution in [-0.2, 0) is 12.0 Å². The van der Waals surface area contributed by atoms with Crippen LogP contribution in [0.15, 0.2) is 52.9 Å². The lowest BCUT2D eigenvalue weighted by atomic mass is 9.86. The molecule has 0 aliphatic carbocycles. The van der Waals surface area contributed by atoms with Crippen LogP contribution in [0, 0.1) is 0 Å². The van der Waals surface area contributed by atoms with Crippen LogP contribution in [0.1, 0.15) is 55.9 Å². The number of hydrogen-bond acceptors (Lipinski definition) is 4. The smallest absolute Gasteiger partial charge is 0.254 e. The number of hydrogen-bond donors (Lipinski definition) is 0. The molecule has 0 saturated heterocycles. The lowest BCUT2D eigenvalue weighted by Crippen LogP contribution is -2.31. The Morgan fingerprint density at radius 3 is 2.38 bits per heavy atom. The molecule has 3 aromatic rings. The Hall–Kier alpha value is -2.66. The molecule has 1 aromatic heterocycles. The highest BCUT2D eigenvalue weighted by molar-refractivity contribution is 6.33. The molecule has 0 N–H and O–H groups in total. The van der Waals surface area contributed by atoms with E-state index >= 15 is 0 Å². The van der Waals surface area contributed by atoms with E-state index in [0.717, 1.165) is 6.42 Å². The number of benzene rings is 2. The van der Waals surface area contributed by atoms with Gasteiger partial charge in [-0.1, -0.05) is 63.6 Å². The van der Waals surface area contributed by atoms with Crippen molar-refractivity contribution in [1.29, 1.82) is 0 Å². The zero-order valence-corrected chi connectivity index (χ0v) is 18.0. The van der Waals surface area contributed by atoms with E-state index in [0.29, 0.717) is 34.5 Å². The molecule has 0 aliphatic rings. The van der Waals surface area contributed by atoms with E-state index < -0.39 is 0 Å². The van der Waals surface area contributed by atoms with E-state index in [-0.39, 0.29) is 17.9 Å². The van der Waals surface area contributed by atoms with Crippen molar-refractivity contribution in [3.8, 4) is 11.5 Å². The molecule has 0 fully saturated rings.